The number of aromatic nitrogens is 1. The van der Waals surface area contributed by atoms with E-state index >= 15 is 4.39 Å². The average Bonchev–Trinajstić information content (AvgIpc) is 3.26. The van der Waals surface area contributed by atoms with Crippen molar-refractivity contribution in [3.05, 3.63) is 82.8 Å². The van der Waals surface area contributed by atoms with Gasteiger partial charge in [0.1, 0.15) is 23.5 Å². The number of aliphatic imine (C=N–C) groups is 2. The van der Waals surface area contributed by atoms with Crippen molar-refractivity contribution in [3.8, 4) is 11.8 Å². The molecule has 0 saturated carbocycles. The number of hydrogen-bond donors (Lipinski definition) is 2. The van der Waals surface area contributed by atoms with Crippen molar-refractivity contribution in [3.63, 3.8) is 0 Å². The molecule has 2 aromatic rings. The van der Waals surface area contributed by atoms with Gasteiger partial charge in [0.2, 0.25) is 5.70 Å². The van der Waals surface area contributed by atoms with Gasteiger partial charge in [-0.15, -0.1) is 4.59 Å². The highest BCUT2D eigenvalue weighted by molar-refractivity contribution is 6.05. The number of amides is 2. The van der Waals surface area contributed by atoms with Crippen LogP contribution >= 0.6 is 0 Å². The number of piperidine rings is 1. The number of allylic oxidation sites excluding steroid dienone is 1. The Morgan fingerprint density at radius 2 is 2.10 bits per heavy atom. The molecular weight excluding hydrogens is 509 g/mol. The molecule has 1 aromatic heterocycles. The number of carbonyl (C=O) groups excluding carboxylic acids is 2. The van der Waals surface area contributed by atoms with E-state index in [9.17, 15) is 9.59 Å². The largest absolute Gasteiger partial charge is 0.323 e. The summed E-state index contributed by atoms with van der Waals surface area (Å²) in [6, 6.07) is 7.63. The Morgan fingerprint density at radius 1 is 1.25 bits per heavy atom. The van der Waals surface area contributed by atoms with Crippen molar-refractivity contribution in [2.24, 2.45) is 15.8 Å². The molecule has 0 spiro atoms. The summed E-state index contributed by atoms with van der Waals surface area (Å²) in [6.07, 6.45) is 10.8. The molecular formula is C30H31FN7O2+. The highest BCUT2D eigenvalue weighted by Crippen LogP contribution is 2.36. The average molecular weight is 541 g/mol. The summed E-state index contributed by atoms with van der Waals surface area (Å²) in [5, 5.41) is 2.68. The number of amidine groups is 1. The number of nitrogens with zero attached hydrogens (tertiary/aromatic N) is 5. The first-order chi connectivity index (χ1) is 19.4. The van der Waals surface area contributed by atoms with Crippen LogP contribution in [0.3, 0.4) is 0 Å². The van der Waals surface area contributed by atoms with Crippen molar-refractivity contribution >= 4 is 29.7 Å². The van der Waals surface area contributed by atoms with E-state index in [0.29, 0.717) is 41.6 Å². The van der Waals surface area contributed by atoms with Gasteiger partial charge in [0, 0.05) is 12.7 Å². The Balaban J connectivity index is 1.46. The smallest absolute Gasteiger partial charge is 0.299 e. The van der Waals surface area contributed by atoms with Crippen molar-refractivity contribution in [2.75, 3.05) is 11.9 Å². The summed E-state index contributed by atoms with van der Waals surface area (Å²) in [5.41, 5.74) is 2.54. The SMILES string of the molecule is CC#CC(=O)N1CCCCC1C1=C2C=NC=C[N+]2(N)C(c2ccc(C(=O)Nc3cc(CCC)ccn3)c(F)c2)=N1. The van der Waals surface area contributed by atoms with Gasteiger partial charge >= 0.3 is 0 Å². The summed E-state index contributed by atoms with van der Waals surface area (Å²) < 4.78 is 15.1. The molecule has 0 bridgehead atoms. The summed E-state index contributed by atoms with van der Waals surface area (Å²) in [6.45, 7) is 4.26. The fourth-order valence-electron chi connectivity index (χ4n) is 5.30. The zero-order valence-corrected chi connectivity index (χ0v) is 22.5. The third-order valence-electron chi connectivity index (χ3n) is 7.21. The lowest BCUT2D eigenvalue weighted by molar-refractivity contribution is -0.750. The predicted molar refractivity (Wildman–Crippen MR) is 151 cm³/mol. The van der Waals surface area contributed by atoms with Gasteiger partial charge in [0.25, 0.3) is 17.6 Å². The second kappa shape index (κ2) is 11.3. The molecule has 1 saturated heterocycles. The fourth-order valence-corrected chi connectivity index (χ4v) is 5.30. The number of nitrogens with two attached hydrogens (primary N) is 1. The van der Waals surface area contributed by atoms with Crippen LogP contribution < -0.4 is 11.2 Å². The third-order valence-corrected chi connectivity index (χ3v) is 7.21. The number of hydrogen-bond acceptors (Lipinski definition) is 6. The predicted octanol–water partition coefficient (Wildman–Crippen LogP) is 4.05. The summed E-state index contributed by atoms with van der Waals surface area (Å²) >= 11 is 0. The van der Waals surface area contributed by atoms with E-state index in [0.717, 1.165) is 31.2 Å². The molecule has 1 fully saturated rings. The van der Waals surface area contributed by atoms with Crippen molar-refractivity contribution in [2.45, 2.75) is 52.0 Å². The zero-order valence-electron chi connectivity index (χ0n) is 22.5. The topological polar surface area (TPSA) is 113 Å². The second-order valence-electron chi connectivity index (χ2n) is 9.89. The maximum Gasteiger partial charge on any atom is 0.299 e. The molecule has 2 atom stereocenters. The van der Waals surface area contributed by atoms with Gasteiger partial charge in [0.05, 0.1) is 29.6 Å². The molecule has 2 unspecified atom stereocenters. The Morgan fingerprint density at radius 3 is 2.88 bits per heavy atom. The zero-order chi connectivity index (χ0) is 28.3. The Bertz CT molecular complexity index is 1550. The van der Waals surface area contributed by atoms with E-state index in [1.807, 2.05) is 6.07 Å². The number of halogens is 1. The number of quaternary nitrogens is 1. The minimum absolute atomic E-state index is 0.125. The number of aryl methyl sites for hydroxylation is 1. The van der Waals surface area contributed by atoms with Crippen LogP contribution in [0.2, 0.25) is 0 Å². The minimum atomic E-state index is -0.716. The highest BCUT2D eigenvalue weighted by atomic mass is 19.1. The molecule has 204 valence electrons. The normalized spacial score (nSPS) is 21.4. The van der Waals surface area contributed by atoms with E-state index in [2.05, 4.69) is 34.1 Å². The van der Waals surface area contributed by atoms with Gasteiger partial charge in [-0.1, -0.05) is 19.3 Å². The highest BCUT2D eigenvalue weighted by Gasteiger charge is 2.47. The molecule has 3 N–H and O–H groups in total. The number of rotatable bonds is 6. The molecule has 40 heavy (non-hydrogen) atoms. The first-order valence-electron chi connectivity index (χ1n) is 13.4. The number of anilines is 1. The molecule has 5 rings (SSSR count). The first kappa shape index (κ1) is 27.1. The van der Waals surface area contributed by atoms with Gasteiger partial charge in [-0.2, -0.15) is 10.8 Å². The van der Waals surface area contributed by atoms with E-state index in [-0.39, 0.29) is 22.1 Å². The maximum absolute atomic E-state index is 15.4. The van der Waals surface area contributed by atoms with Crippen LogP contribution in [0.15, 0.2) is 70.3 Å². The molecule has 9 nitrogen and oxygen atoms in total. The fraction of sp³-hybridized carbons (Fsp3) is 0.300. The van der Waals surface area contributed by atoms with E-state index in [4.69, 9.17) is 10.8 Å². The Hall–Kier alpha value is -4.46. The Labute approximate surface area is 232 Å². The quantitative estimate of drug-likeness (QED) is 0.327. The van der Waals surface area contributed by atoms with E-state index in [1.165, 1.54) is 12.1 Å². The molecule has 3 aliphatic rings. The first-order valence-corrected chi connectivity index (χ1v) is 13.4. The molecule has 0 aliphatic carbocycles. The van der Waals surface area contributed by atoms with E-state index in [1.54, 1.807) is 48.8 Å². The number of benzene rings is 1. The maximum atomic E-state index is 15.4. The lowest BCUT2D eigenvalue weighted by Crippen LogP contribution is -2.53. The summed E-state index contributed by atoms with van der Waals surface area (Å²) in [7, 11) is 0. The van der Waals surface area contributed by atoms with Crippen LogP contribution in [-0.2, 0) is 11.2 Å². The van der Waals surface area contributed by atoms with Gasteiger partial charge in [0.15, 0.2) is 0 Å². The van der Waals surface area contributed by atoms with Gasteiger partial charge in [-0.05, 0) is 74.4 Å². The van der Waals surface area contributed by atoms with Crippen LogP contribution in [0.25, 0.3) is 0 Å². The number of likely N-dealkylation sites (tertiary alicyclic amines) is 1. The summed E-state index contributed by atoms with van der Waals surface area (Å²) in [4.78, 5) is 40.7. The lowest BCUT2D eigenvalue weighted by atomic mass is 9.98. The monoisotopic (exact) mass is 540 g/mol. The molecule has 1 aromatic carbocycles. The molecule has 2 amide bonds. The Kier molecular flexibility index (Phi) is 7.69. The molecule has 4 heterocycles. The molecule has 0 radical (unpaired) electrons. The van der Waals surface area contributed by atoms with E-state index < -0.39 is 11.7 Å². The molecule has 3 aliphatic heterocycles. The number of nitrogens with one attached hydrogen (secondary N) is 1. The van der Waals surface area contributed by atoms with Crippen molar-refractivity contribution in [1.82, 2.24) is 9.88 Å². The van der Waals surface area contributed by atoms with Crippen molar-refractivity contribution in [1.29, 1.82) is 0 Å². The summed E-state index contributed by atoms with van der Waals surface area (Å²) in [5.74, 6) is 11.3. The van der Waals surface area contributed by atoms with Crippen LogP contribution in [0.5, 0.6) is 0 Å². The standard InChI is InChI=1S/C30H30FN7O2/c1-3-7-20-12-13-34-26(17-20)35-30(40)22-11-10-21(18-23(22)31)29-36-28(25-19-33-14-16-38(25,29)32)24-9-5-6-15-37(24)27(39)8-4-2/h10-14,16-19,24H,3,5-7,9,15,32H2,1-2H3/p+1. The number of pyridine rings is 1. The van der Waals surface area contributed by atoms with Gasteiger partial charge in [-0.3, -0.25) is 14.6 Å². The van der Waals surface area contributed by atoms with Crippen LogP contribution in [0.1, 0.15) is 61.0 Å². The van der Waals surface area contributed by atoms with Gasteiger partial charge in [-0.25, -0.2) is 9.37 Å². The molecule has 10 heteroatoms. The number of fused-ring (bicyclic) bond motifs is 1. The van der Waals surface area contributed by atoms with Crippen LogP contribution in [0.4, 0.5) is 10.2 Å². The minimum Gasteiger partial charge on any atom is -0.323 e. The lowest BCUT2D eigenvalue weighted by Gasteiger charge is -2.34. The second-order valence-corrected chi connectivity index (χ2v) is 9.89. The van der Waals surface area contributed by atoms with Gasteiger partial charge < -0.3 is 10.2 Å². The number of carbonyl (C=O) groups is 2. The van der Waals surface area contributed by atoms with Crippen molar-refractivity contribution < 1.29 is 18.6 Å². The third kappa shape index (κ3) is 5.09. The van der Waals surface area contributed by atoms with Crippen LogP contribution in [-0.4, -0.2) is 50.9 Å². The van der Waals surface area contributed by atoms with Crippen LogP contribution in [0, 0.1) is 17.7 Å².